The summed E-state index contributed by atoms with van der Waals surface area (Å²) in [5, 5.41) is 0. The molecule has 0 fully saturated rings. The van der Waals surface area contributed by atoms with E-state index in [0.29, 0.717) is 5.41 Å². The molecule has 0 aliphatic heterocycles. The molecule has 0 aliphatic rings. The molecule has 0 aliphatic carbocycles. The van der Waals surface area contributed by atoms with Crippen molar-refractivity contribution in [2.24, 2.45) is 11.1 Å². The van der Waals surface area contributed by atoms with Gasteiger partial charge in [0.15, 0.2) is 0 Å². The predicted molar refractivity (Wildman–Crippen MR) is 76.2 cm³/mol. The molecular formula is C16H27N. The number of benzene rings is 1. The van der Waals surface area contributed by atoms with E-state index in [2.05, 4.69) is 52.8 Å². The second kappa shape index (κ2) is 5.68. The van der Waals surface area contributed by atoms with Gasteiger partial charge in [0, 0.05) is 6.04 Å². The minimum atomic E-state index is 0.193. The van der Waals surface area contributed by atoms with Gasteiger partial charge in [-0.1, -0.05) is 51.0 Å². The molecule has 1 unspecified atom stereocenters. The molecule has 1 atom stereocenters. The van der Waals surface area contributed by atoms with Crippen LogP contribution in [0.4, 0.5) is 0 Å². The summed E-state index contributed by atoms with van der Waals surface area (Å²) in [6.45, 7) is 11.1. The van der Waals surface area contributed by atoms with E-state index in [1.165, 1.54) is 29.5 Å². The Balaban J connectivity index is 2.55. The summed E-state index contributed by atoms with van der Waals surface area (Å²) in [6.07, 6.45) is 3.53. The fourth-order valence-electron chi connectivity index (χ4n) is 2.25. The minimum absolute atomic E-state index is 0.193. The largest absolute Gasteiger partial charge is 0.324 e. The van der Waals surface area contributed by atoms with Crippen LogP contribution in [0.25, 0.3) is 0 Å². The Morgan fingerprint density at radius 1 is 1.18 bits per heavy atom. The van der Waals surface area contributed by atoms with Crippen LogP contribution in [-0.4, -0.2) is 0 Å². The first-order valence-corrected chi connectivity index (χ1v) is 6.62. The lowest BCUT2D eigenvalue weighted by Crippen LogP contribution is -2.13. The summed E-state index contributed by atoms with van der Waals surface area (Å²) in [6, 6.07) is 6.76. The maximum atomic E-state index is 6.28. The van der Waals surface area contributed by atoms with Crippen molar-refractivity contribution in [3.8, 4) is 0 Å². The van der Waals surface area contributed by atoms with E-state index < -0.39 is 0 Å². The highest BCUT2D eigenvalue weighted by atomic mass is 14.6. The summed E-state index contributed by atoms with van der Waals surface area (Å²) < 4.78 is 0. The average molecular weight is 233 g/mol. The molecule has 1 aromatic rings. The van der Waals surface area contributed by atoms with Gasteiger partial charge in [-0.15, -0.1) is 0 Å². The molecule has 0 amide bonds. The SMILES string of the molecule is Cc1ccc(C(N)CCCC(C)(C)C)c(C)c1. The van der Waals surface area contributed by atoms with E-state index in [4.69, 9.17) is 5.73 Å². The minimum Gasteiger partial charge on any atom is -0.324 e. The molecule has 2 N–H and O–H groups in total. The highest BCUT2D eigenvalue weighted by Crippen LogP contribution is 2.26. The molecule has 0 saturated carbocycles. The lowest BCUT2D eigenvalue weighted by atomic mass is 9.87. The zero-order chi connectivity index (χ0) is 13.1. The third-order valence-electron chi connectivity index (χ3n) is 3.27. The normalized spacial score (nSPS) is 13.8. The molecule has 0 saturated heterocycles. The van der Waals surface area contributed by atoms with Crippen LogP contribution in [0.2, 0.25) is 0 Å². The Labute approximate surface area is 106 Å². The van der Waals surface area contributed by atoms with Gasteiger partial charge in [-0.3, -0.25) is 0 Å². The van der Waals surface area contributed by atoms with Crippen LogP contribution in [-0.2, 0) is 0 Å². The Morgan fingerprint density at radius 3 is 2.35 bits per heavy atom. The standard InChI is InChI=1S/C16H27N/c1-12-8-9-14(13(2)11-12)15(17)7-6-10-16(3,4)5/h8-9,11,15H,6-7,10,17H2,1-5H3. The van der Waals surface area contributed by atoms with Crippen LogP contribution < -0.4 is 5.73 Å². The van der Waals surface area contributed by atoms with Crippen LogP contribution in [0.3, 0.4) is 0 Å². The maximum absolute atomic E-state index is 6.28. The summed E-state index contributed by atoms with van der Waals surface area (Å²) in [4.78, 5) is 0. The number of hydrogen-bond donors (Lipinski definition) is 1. The second-order valence-electron chi connectivity index (χ2n) is 6.42. The highest BCUT2D eigenvalue weighted by molar-refractivity contribution is 5.32. The number of hydrogen-bond acceptors (Lipinski definition) is 1. The lowest BCUT2D eigenvalue weighted by molar-refractivity contribution is 0.353. The van der Waals surface area contributed by atoms with Gasteiger partial charge in [0.2, 0.25) is 0 Å². The van der Waals surface area contributed by atoms with Gasteiger partial charge in [0.25, 0.3) is 0 Å². The number of nitrogens with two attached hydrogens (primary N) is 1. The molecule has 1 nitrogen and oxygen atoms in total. The van der Waals surface area contributed by atoms with E-state index in [1.807, 2.05) is 0 Å². The molecule has 1 heteroatoms. The average Bonchev–Trinajstić information content (AvgIpc) is 2.15. The van der Waals surface area contributed by atoms with E-state index in [9.17, 15) is 0 Å². The van der Waals surface area contributed by atoms with E-state index in [0.717, 1.165) is 6.42 Å². The van der Waals surface area contributed by atoms with Crippen molar-refractivity contribution in [3.63, 3.8) is 0 Å². The molecule has 0 aromatic heterocycles. The van der Waals surface area contributed by atoms with E-state index in [1.54, 1.807) is 0 Å². The Morgan fingerprint density at radius 2 is 1.82 bits per heavy atom. The van der Waals surface area contributed by atoms with Crippen molar-refractivity contribution in [3.05, 3.63) is 34.9 Å². The van der Waals surface area contributed by atoms with Crippen molar-refractivity contribution in [2.45, 2.75) is 59.9 Å². The first-order valence-electron chi connectivity index (χ1n) is 6.62. The highest BCUT2D eigenvalue weighted by Gasteiger charge is 2.13. The molecule has 0 spiro atoms. The molecule has 0 heterocycles. The third kappa shape index (κ3) is 4.91. The van der Waals surface area contributed by atoms with Crippen molar-refractivity contribution >= 4 is 0 Å². The fraction of sp³-hybridized carbons (Fsp3) is 0.625. The Bertz CT molecular complexity index is 360. The van der Waals surface area contributed by atoms with Gasteiger partial charge >= 0.3 is 0 Å². The van der Waals surface area contributed by atoms with Crippen LogP contribution in [0, 0.1) is 19.3 Å². The summed E-state index contributed by atoms with van der Waals surface area (Å²) in [5.41, 5.74) is 10.6. The molecule has 0 radical (unpaired) electrons. The zero-order valence-electron chi connectivity index (χ0n) is 12.0. The molecular weight excluding hydrogens is 206 g/mol. The smallest absolute Gasteiger partial charge is 0.0297 e. The molecule has 17 heavy (non-hydrogen) atoms. The van der Waals surface area contributed by atoms with Crippen molar-refractivity contribution in [1.82, 2.24) is 0 Å². The maximum Gasteiger partial charge on any atom is 0.0297 e. The Kier molecular flexibility index (Phi) is 4.76. The van der Waals surface area contributed by atoms with Crippen LogP contribution >= 0.6 is 0 Å². The van der Waals surface area contributed by atoms with Gasteiger partial charge in [0.05, 0.1) is 0 Å². The number of rotatable bonds is 4. The Hall–Kier alpha value is -0.820. The number of aryl methyl sites for hydroxylation is 2. The molecule has 96 valence electrons. The van der Waals surface area contributed by atoms with Gasteiger partial charge in [-0.2, -0.15) is 0 Å². The van der Waals surface area contributed by atoms with Crippen LogP contribution in [0.1, 0.15) is 62.8 Å². The van der Waals surface area contributed by atoms with E-state index in [-0.39, 0.29) is 6.04 Å². The monoisotopic (exact) mass is 233 g/mol. The van der Waals surface area contributed by atoms with Crippen molar-refractivity contribution in [1.29, 1.82) is 0 Å². The van der Waals surface area contributed by atoms with Crippen LogP contribution in [0.5, 0.6) is 0 Å². The van der Waals surface area contributed by atoms with Crippen molar-refractivity contribution < 1.29 is 0 Å². The zero-order valence-corrected chi connectivity index (χ0v) is 12.0. The molecule has 1 aromatic carbocycles. The third-order valence-corrected chi connectivity index (χ3v) is 3.27. The molecule has 1 rings (SSSR count). The van der Waals surface area contributed by atoms with E-state index >= 15 is 0 Å². The predicted octanol–water partition coefficient (Wildman–Crippen LogP) is 4.52. The fourth-order valence-corrected chi connectivity index (χ4v) is 2.25. The lowest BCUT2D eigenvalue weighted by Gasteiger charge is -2.20. The summed E-state index contributed by atoms with van der Waals surface area (Å²) in [5.74, 6) is 0. The topological polar surface area (TPSA) is 26.0 Å². The first-order chi connectivity index (χ1) is 7.79. The summed E-state index contributed by atoms with van der Waals surface area (Å²) in [7, 11) is 0. The van der Waals surface area contributed by atoms with Gasteiger partial charge < -0.3 is 5.73 Å². The van der Waals surface area contributed by atoms with Crippen molar-refractivity contribution in [2.75, 3.05) is 0 Å². The van der Waals surface area contributed by atoms with Gasteiger partial charge in [0.1, 0.15) is 0 Å². The molecule has 0 bridgehead atoms. The summed E-state index contributed by atoms with van der Waals surface area (Å²) >= 11 is 0. The second-order valence-corrected chi connectivity index (χ2v) is 6.42. The first kappa shape index (κ1) is 14.2. The van der Waals surface area contributed by atoms with Gasteiger partial charge in [-0.05, 0) is 43.2 Å². The quantitative estimate of drug-likeness (QED) is 0.813. The van der Waals surface area contributed by atoms with Gasteiger partial charge in [-0.25, -0.2) is 0 Å². The van der Waals surface area contributed by atoms with Crippen LogP contribution in [0.15, 0.2) is 18.2 Å².